The van der Waals surface area contributed by atoms with Gasteiger partial charge >= 0.3 is 6.18 Å². The summed E-state index contributed by atoms with van der Waals surface area (Å²) in [6.07, 6.45) is 5.12. The molecule has 10 heteroatoms. The largest absolute Gasteiger partial charge is 0.389 e. The molecule has 0 aromatic carbocycles. The van der Waals surface area contributed by atoms with E-state index in [1.54, 1.807) is 31.5 Å². The second kappa shape index (κ2) is 12.3. The molecule has 0 saturated heterocycles. The number of rotatable bonds is 8. The average Bonchev–Trinajstić information content (AvgIpc) is 3.09. The molecule has 0 bridgehead atoms. The van der Waals surface area contributed by atoms with E-state index in [-0.39, 0.29) is 18.4 Å². The Morgan fingerprint density at radius 2 is 1.87 bits per heavy atom. The molecular weight excluding hydrogens is 498 g/mol. The average molecular weight is 534 g/mol. The van der Waals surface area contributed by atoms with E-state index in [9.17, 15) is 18.0 Å². The molecular formula is C28H35F4N5O. The topological polar surface area (TPSA) is 71.0 Å². The van der Waals surface area contributed by atoms with Crippen molar-refractivity contribution in [2.45, 2.75) is 82.6 Å². The lowest BCUT2D eigenvalue weighted by Gasteiger charge is -2.35. The highest BCUT2D eigenvalue weighted by molar-refractivity contribution is 5.91. The predicted molar refractivity (Wildman–Crippen MR) is 137 cm³/mol. The molecule has 1 aliphatic carbocycles. The highest BCUT2D eigenvalue weighted by atomic mass is 19.4. The predicted octanol–water partition coefficient (Wildman–Crippen LogP) is 4.95. The number of fused-ring (bicyclic) bond motifs is 1. The van der Waals surface area contributed by atoms with E-state index in [2.05, 4.69) is 25.2 Å². The van der Waals surface area contributed by atoms with Crippen LogP contribution in [0.4, 0.5) is 17.6 Å². The molecule has 38 heavy (non-hydrogen) atoms. The summed E-state index contributed by atoms with van der Waals surface area (Å²) in [5, 5.41) is 2.97. The van der Waals surface area contributed by atoms with Crippen LogP contribution in [0.2, 0.25) is 0 Å². The maximum atomic E-state index is 15.6. The van der Waals surface area contributed by atoms with E-state index >= 15 is 4.39 Å². The van der Waals surface area contributed by atoms with Crippen molar-refractivity contribution in [3.63, 3.8) is 0 Å². The minimum absolute atomic E-state index is 0.0457. The van der Waals surface area contributed by atoms with Gasteiger partial charge in [-0.15, -0.1) is 0 Å². The van der Waals surface area contributed by atoms with Crippen LogP contribution in [0.1, 0.15) is 66.9 Å². The molecule has 2 aromatic rings. The molecule has 2 aliphatic rings. The number of nitrogens with one attached hydrogen (secondary N) is 1. The zero-order valence-corrected chi connectivity index (χ0v) is 21.7. The van der Waals surface area contributed by atoms with Crippen molar-refractivity contribution in [1.82, 2.24) is 25.2 Å². The van der Waals surface area contributed by atoms with Gasteiger partial charge in [0, 0.05) is 73.9 Å². The number of pyridine rings is 1. The Morgan fingerprint density at radius 3 is 2.58 bits per heavy atom. The third-order valence-corrected chi connectivity index (χ3v) is 7.49. The zero-order valence-electron chi connectivity index (χ0n) is 21.7. The molecule has 1 saturated carbocycles. The molecule has 3 heterocycles. The van der Waals surface area contributed by atoms with E-state index in [1.165, 1.54) is 6.08 Å². The van der Waals surface area contributed by atoms with E-state index in [1.807, 2.05) is 6.07 Å². The summed E-state index contributed by atoms with van der Waals surface area (Å²) in [5.41, 5.74) is 1.89. The molecule has 0 unspecified atom stereocenters. The van der Waals surface area contributed by atoms with Crippen molar-refractivity contribution < 1.29 is 22.4 Å². The minimum Gasteiger partial charge on any atom is -0.350 e. The second-order valence-electron chi connectivity index (χ2n) is 10.4. The van der Waals surface area contributed by atoms with Crippen LogP contribution >= 0.6 is 0 Å². The van der Waals surface area contributed by atoms with Gasteiger partial charge in [0.15, 0.2) is 0 Å². The first kappa shape index (κ1) is 28.1. The first-order chi connectivity index (χ1) is 18.1. The fourth-order valence-electron chi connectivity index (χ4n) is 5.10. The summed E-state index contributed by atoms with van der Waals surface area (Å²) in [6, 6.07) is 3.55. The Balaban J connectivity index is 1.19. The smallest absolute Gasteiger partial charge is 0.350 e. The van der Waals surface area contributed by atoms with Gasteiger partial charge in [-0.05, 0) is 69.6 Å². The molecule has 2 aromatic heterocycles. The Bertz CT molecular complexity index is 1110. The van der Waals surface area contributed by atoms with Crippen LogP contribution in [0.5, 0.6) is 0 Å². The van der Waals surface area contributed by atoms with Crippen LogP contribution in [0.25, 0.3) is 6.08 Å². The van der Waals surface area contributed by atoms with Crippen LogP contribution in [0.15, 0.2) is 30.6 Å². The molecule has 0 radical (unpaired) electrons. The Labute approximate surface area is 221 Å². The van der Waals surface area contributed by atoms with Crippen molar-refractivity contribution in [3.8, 4) is 0 Å². The van der Waals surface area contributed by atoms with Crippen molar-refractivity contribution in [2.75, 3.05) is 19.6 Å². The van der Waals surface area contributed by atoms with E-state index < -0.39 is 18.3 Å². The van der Waals surface area contributed by atoms with Gasteiger partial charge in [-0.1, -0.05) is 6.07 Å². The maximum absolute atomic E-state index is 15.6. The molecule has 0 spiro atoms. The van der Waals surface area contributed by atoms with Crippen molar-refractivity contribution in [1.29, 1.82) is 0 Å². The number of carbonyl (C=O) groups excluding carboxylic acids is 1. The molecule has 4 rings (SSSR count). The molecule has 1 amide bonds. The standard InChI is InChI=1S/C28H35F4N5O/c1-20-33-18-21(19-34-20)2-5-26(38)36-24-6-11-27(29,12-7-24)14-17-37-15-9-22-3-4-23(8-13-28(30,31)32)35-25(22)10-16-37/h2-5,18-19,24H,6-17H2,1H3,(H,36,38)/b5-2+/t24-,27+. The van der Waals surface area contributed by atoms with Gasteiger partial charge in [0.1, 0.15) is 11.5 Å². The monoisotopic (exact) mass is 533 g/mol. The fourth-order valence-corrected chi connectivity index (χ4v) is 5.10. The van der Waals surface area contributed by atoms with Gasteiger partial charge in [0.2, 0.25) is 5.91 Å². The van der Waals surface area contributed by atoms with Crippen LogP contribution < -0.4 is 5.32 Å². The first-order valence-electron chi connectivity index (χ1n) is 13.3. The number of halogens is 4. The Morgan fingerprint density at radius 1 is 1.16 bits per heavy atom. The summed E-state index contributed by atoms with van der Waals surface area (Å²) in [4.78, 5) is 27.2. The number of aromatic nitrogens is 3. The van der Waals surface area contributed by atoms with Gasteiger partial charge in [-0.25, -0.2) is 14.4 Å². The number of aryl methyl sites for hydroxylation is 2. The number of hydrogen-bond acceptors (Lipinski definition) is 5. The molecule has 1 aliphatic heterocycles. The van der Waals surface area contributed by atoms with E-state index in [0.717, 1.165) is 36.3 Å². The third-order valence-electron chi connectivity index (χ3n) is 7.49. The summed E-state index contributed by atoms with van der Waals surface area (Å²) >= 11 is 0. The number of hydrogen-bond donors (Lipinski definition) is 1. The van der Waals surface area contributed by atoms with Gasteiger partial charge in [-0.3, -0.25) is 9.78 Å². The minimum atomic E-state index is -4.19. The lowest BCUT2D eigenvalue weighted by molar-refractivity contribution is -0.134. The SMILES string of the molecule is Cc1ncc(/C=C/C(=O)N[C@H]2CC[C@](F)(CCN3CCc4ccc(CCC(F)(F)F)nc4CC3)CC2)cn1. The van der Waals surface area contributed by atoms with E-state index in [4.69, 9.17) is 0 Å². The Kier molecular flexibility index (Phi) is 9.12. The fraction of sp³-hybridized carbons (Fsp3) is 0.571. The van der Waals surface area contributed by atoms with Crippen molar-refractivity contribution in [2.24, 2.45) is 0 Å². The maximum Gasteiger partial charge on any atom is 0.389 e. The van der Waals surface area contributed by atoms with Crippen LogP contribution in [0.3, 0.4) is 0 Å². The number of alkyl halides is 4. The summed E-state index contributed by atoms with van der Waals surface area (Å²) in [7, 11) is 0. The molecule has 1 fully saturated rings. The van der Waals surface area contributed by atoms with Gasteiger partial charge < -0.3 is 10.2 Å². The van der Waals surface area contributed by atoms with Gasteiger partial charge in [-0.2, -0.15) is 13.2 Å². The highest BCUT2D eigenvalue weighted by Gasteiger charge is 2.36. The van der Waals surface area contributed by atoms with Gasteiger partial charge in [0.05, 0.1) is 0 Å². The number of amides is 1. The highest BCUT2D eigenvalue weighted by Crippen LogP contribution is 2.35. The first-order valence-corrected chi connectivity index (χ1v) is 13.3. The zero-order chi connectivity index (χ0) is 27.2. The lowest BCUT2D eigenvalue weighted by atomic mass is 9.81. The van der Waals surface area contributed by atoms with Crippen molar-refractivity contribution in [3.05, 3.63) is 58.9 Å². The summed E-state index contributed by atoms with van der Waals surface area (Å²) in [5.74, 6) is 0.458. The lowest BCUT2D eigenvalue weighted by Crippen LogP contribution is -2.42. The normalized spacial score (nSPS) is 22.7. The van der Waals surface area contributed by atoms with Crippen LogP contribution in [0, 0.1) is 6.92 Å². The van der Waals surface area contributed by atoms with Crippen LogP contribution in [-0.4, -0.2) is 63.3 Å². The molecule has 206 valence electrons. The number of nitrogens with zero attached hydrogens (tertiary/aromatic N) is 4. The summed E-state index contributed by atoms with van der Waals surface area (Å²) < 4.78 is 53.2. The second-order valence-corrected chi connectivity index (χ2v) is 10.4. The Hall–Kier alpha value is -2.88. The molecule has 1 N–H and O–H groups in total. The van der Waals surface area contributed by atoms with Gasteiger partial charge in [0.25, 0.3) is 0 Å². The van der Waals surface area contributed by atoms with E-state index in [0.29, 0.717) is 56.6 Å². The molecule has 0 atom stereocenters. The summed E-state index contributed by atoms with van der Waals surface area (Å²) in [6.45, 7) is 3.92. The quantitative estimate of drug-likeness (QED) is 0.384. The van der Waals surface area contributed by atoms with Crippen LogP contribution in [-0.2, 0) is 24.1 Å². The number of carbonyl (C=O) groups is 1. The van der Waals surface area contributed by atoms with Crippen molar-refractivity contribution >= 4 is 12.0 Å². The molecule has 6 nitrogen and oxygen atoms in total. The third kappa shape index (κ3) is 8.58.